The van der Waals surface area contributed by atoms with Gasteiger partial charge < -0.3 is 15.1 Å². The SMILES string of the molecule is CC(C)(C)C(=O)Nc1ccccc1C(=O)NCCc1ccco1. The van der Waals surface area contributed by atoms with E-state index in [9.17, 15) is 9.59 Å². The molecule has 5 nitrogen and oxygen atoms in total. The summed E-state index contributed by atoms with van der Waals surface area (Å²) in [5.41, 5.74) is 0.440. The lowest BCUT2D eigenvalue weighted by molar-refractivity contribution is -0.123. The zero-order chi connectivity index (χ0) is 16.9. The number of anilines is 1. The Bertz CT molecular complexity index is 670. The largest absolute Gasteiger partial charge is 0.469 e. The lowest BCUT2D eigenvalue weighted by atomic mass is 9.95. The molecule has 0 saturated carbocycles. The fourth-order valence-corrected chi connectivity index (χ4v) is 1.95. The summed E-state index contributed by atoms with van der Waals surface area (Å²) in [6.07, 6.45) is 2.23. The van der Waals surface area contributed by atoms with Crippen LogP contribution in [0, 0.1) is 5.41 Å². The smallest absolute Gasteiger partial charge is 0.253 e. The van der Waals surface area contributed by atoms with Gasteiger partial charge in [-0.15, -0.1) is 0 Å². The summed E-state index contributed by atoms with van der Waals surface area (Å²) in [5, 5.41) is 5.66. The van der Waals surface area contributed by atoms with Gasteiger partial charge in [-0.3, -0.25) is 9.59 Å². The summed E-state index contributed by atoms with van der Waals surface area (Å²) in [4.78, 5) is 24.5. The van der Waals surface area contributed by atoms with Gasteiger partial charge in [-0.05, 0) is 24.3 Å². The topological polar surface area (TPSA) is 71.3 Å². The van der Waals surface area contributed by atoms with Crippen molar-refractivity contribution in [3.63, 3.8) is 0 Å². The highest BCUT2D eigenvalue weighted by Crippen LogP contribution is 2.20. The monoisotopic (exact) mass is 314 g/mol. The molecule has 0 aliphatic carbocycles. The molecule has 0 spiro atoms. The lowest BCUT2D eigenvalue weighted by Crippen LogP contribution is -2.30. The number of furan rings is 1. The molecule has 1 heterocycles. The number of benzene rings is 1. The fraction of sp³-hybridized carbons (Fsp3) is 0.333. The number of nitrogens with one attached hydrogen (secondary N) is 2. The summed E-state index contributed by atoms with van der Waals surface area (Å²) >= 11 is 0. The first kappa shape index (κ1) is 16.8. The van der Waals surface area contributed by atoms with E-state index in [0.717, 1.165) is 5.76 Å². The van der Waals surface area contributed by atoms with Gasteiger partial charge in [0.05, 0.1) is 17.5 Å². The van der Waals surface area contributed by atoms with E-state index in [4.69, 9.17) is 4.42 Å². The third-order valence-electron chi connectivity index (χ3n) is 3.34. The number of carbonyl (C=O) groups excluding carboxylic acids is 2. The summed E-state index contributed by atoms with van der Waals surface area (Å²) < 4.78 is 5.23. The van der Waals surface area contributed by atoms with Crippen LogP contribution in [0.1, 0.15) is 36.9 Å². The van der Waals surface area contributed by atoms with Gasteiger partial charge in [0.25, 0.3) is 5.91 Å². The van der Waals surface area contributed by atoms with Crippen molar-refractivity contribution in [1.29, 1.82) is 0 Å². The van der Waals surface area contributed by atoms with Crippen LogP contribution in [-0.2, 0) is 11.2 Å². The van der Waals surface area contributed by atoms with Gasteiger partial charge in [0.2, 0.25) is 5.91 Å². The van der Waals surface area contributed by atoms with Gasteiger partial charge in [0.15, 0.2) is 0 Å². The van der Waals surface area contributed by atoms with E-state index < -0.39 is 5.41 Å². The van der Waals surface area contributed by atoms with Crippen molar-refractivity contribution in [3.05, 3.63) is 54.0 Å². The maximum absolute atomic E-state index is 12.3. The fourth-order valence-electron chi connectivity index (χ4n) is 1.95. The molecule has 0 fully saturated rings. The molecule has 0 saturated heterocycles. The number of hydrogen-bond acceptors (Lipinski definition) is 3. The molecule has 2 amide bonds. The Kier molecular flexibility index (Phi) is 5.21. The first-order valence-electron chi connectivity index (χ1n) is 7.59. The van der Waals surface area contributed by atoms with Crippen molar-refractivity contribution < 1.29 is 14.0 Å². The van der Waals surface area contributed by atoms with Crippen LogP contribution < -0.4 is 10.6 Å². The highest BCUT2D eigenvalue weighted by atomic mass is 16.3. The van der Waals surface area contributed by atoms with E-state index in [0.29, 0.717) is 24.2 Å². The van der Waals surface area contributed by atoms with Crippen LogP contribution in [0.25, 0.3) is 0 Å². The Morgan fingerprint density at radius 1 is 1.09 bits per heavy atom. The number of hydrogen-bond donors (Lipinski definition) is 2. The van der Waals surface area contributed by atoms with Gasteiger partial charge in [-0.1, -0.05) is 32.9 Å². The minimum absolute atomic E-state index is 0.131. The normalized spacial score (nSPS) is 11.1. The van der Waals surface area contributed by atoms with Crippen molar-refractivity contribution in [1.82, 2.24) is 5.32 Å². The molecule has 1 aromatic carbocycles. The van der Waals surface area contributed by atoms with Gasteiger partial charge in [-0.25, -0.2) is 0 Å². The van der Waals surface area contributed by atoms with Gasteiger partial charge in [-0.2, -0.15) is 0 Å². The summed E-state index contributed by atoms with van der Waals surface area (Å²) in [6, 6.07) is 10.7. The molecule has 2 N–H and O–H groups in total. The van der Waals surface area contributed by atoms with Gasteiger partial charge in [0, 0.05) is 18.4 Å². The lowest BCUT2D eigenvalue weighted by Gasteiger charge is -2.19. The number of rotatable bonds is 5. The first-order chi connectivity index (χ1) is 10.9. The molecule has 2 aromatic rings. The third kappa shape index (κ3) is 4.71. The van der Waals surface area contributed by atoms with Gasteiger partial charge in [0.1, 0.15) is 5.76 Å². The van der Waals surface area contributed by atoms with Crippen molar-refractivity contribution >= 4 is 17.5 Å². The molecule has 0 aliphatic rings. The predicted molar refractivity (Wildman–Crippen MR) is 89.3 cm³/mol. The zero-order valence-electron chi connectivity index (χ0n) is 13.7. The zero-order valence-corrected chi connectivity index (χ0v) is 13.7. The van der Waals surface area contributed by atoms with Crippen molar-refractivity contribution in [2.45, 2.75) is 27.2 Å². The molecule has 0 aliphatic heterocycles. The molecular formula is C18H22N2O3. The van der Waals surface area contributed by atoms with Crippen LogP contribution in [0.4, 0.5) is 5.69 Å². The molecule has 23 heavy (non-hydrogen) atoms. The van der Waals surface area contributed by atoms with Crippen molar-refractivity contribution in [3.8, 4) is 0 Å². The standard InChI is InChI=1S/C18H22N2O3/c1-18(2,3)17(22)20-15-9-5-4-8-14(15)16(21)19-11-10-13-7-6-12-23-13/h4-9,12H,10-11H2,1-3H3,(H,19,21)(H,20,22). The molecule has 0 radical (unpaired) electrons. The van der Waals surface area contributed by atoms with Crippen LogP contribution in [0.2, 0.25) is 0 Å². The number of amides is 2. The summed E-state index contributed by atoms with van der Waals surface area (Å²) in [5.74, 6) is 0.467. The molecule has 1 aromatic heterocycles. The van der Waals surface area contributed by atoms with E-state index >= 15 is 0 Å². The van der Waals surface area contributed by atoms with Crippen molar-refractivity contribution in [2.75, 3.05) is 11.9 Å². The predicted octanol–water partition coefficient (Wildman–Crippen LogP) is 3.24. The maximum atomic E-state index is 12.3. The molecule has 5 heteroatoms. The highest BCUT2D eigenvalue weighted by molar-refractivity contribution is 6.04. The maximum Gasteiger partial charge on any atom is 0.253 e. The van der Waals surface area contributed by atoms with Crippen LogP contribution in [0.5, 0.6) is 0 Å². The quantitative estimate of drug-likeness (QED) is 0.890. The molecule has 0 atom stereocenters. The molecule has 0 bridgehead atoms. The van der Waals surface area contributed by atoms with Crippen LogP contribution in [-0.4, -0.2) is 18.4 Å². The van der Waals surface area contributed by atoms with E-state index in [1.54, 1.807) is 30.5 Å². The highest BCUT2D eigenvalue weighted by Gasteiger charge is 2.22. The molecule has 0 unspecified atom stereocenters. The third-order valence-corrected chi connectivity index (χ3v) is 3.34. The minimum Gasteiger partial charge on any atom is -0.469 e. The Morgan fingerprint density at radius 3 is 2.48 bits per heavy atom. The van der Waals surface area contributed by atoms with Crippen LogP contribution in [0.3, 0.4) is 0 Å². The van der Waals surface area contributed by atoms with E-state index in [1.165, 1.54) is 0 Å². The van der Waals surface area contributed by atoms with Crippen LogP contribution in [0.15, 0.2) is 47.1 Å². The second-order valence-corrected chi connectivity index (χ2v) is 6.33. The average molecular weight is 314 g/mol. The number of para-hydroxylation sites is 1. The summed E-state index contributed by atoms with van der Waals surface area (Å²) in [6.45, 7) is 5.95. The van der Waals surface area contributed by atoms with Crippen LogP contribution >= 0.6 is 0 Å². The average Bonchev–Trinajstić information content (AvgIpc) is 3.00. The Morgan fingerprint density at radius 2 is 1.83 bits per heavy atom. The second kappa shape index (κ2) is 7.13. The summed E-state index contributed by atoms with van der Waals surface area (Å²) in [7, 11) is 0. The molecular weight excluding hydrogens is 292 g/mol. The second-order valence-electron chi connectivity index (χ2n) is 6.33. The van der Waals surface area contributed by atoms with E-state index in [2.05, 4.69) is 10.6 Å². The Labute approximate surface area is 136 Å². The van der Waals surface area contributed by atoms with Gasteiger partial charge >= 0.3 is 0 Å². The molecule has 2 rings (SSSR count). The Balaban J connectivity index is 2.01. The van der Waals surface area contributed by atoms with E-state index in [-0.39, 0.29) is 11.8 Å². The first-order valence-corrected chi connectivity index (χ1v) is 7.59. The Hall–Kier alpha value is -2.56. The van der Waals surface area contributed by atoms with Crippen molar-refractivity contribution in [2.24, 2.45) is 5.41 Å². The molecule has 122 valence electrons. The van der Waals surface area contributed by atoms with E-state index in [1.807, 2.05) is 32.9 Å². The number of carbonyl (C=O) groups is 2. The minimum atomic E-state index is -0.525.